The van der Waals surface area contributed by atoms with E-state index in [1.54, 1.807) is 18.2 Å². The van der Waals surface area contributed by atoms with E-state index in [0.717, 1.165) is 21.5 Å². The van der Waals surface area contributed by atoms with Crippen LogP contribution >= 0.6 is 38.9 Å². The molecule has 0 amide bonds. The van der Waals surface area contributed by atoms with Crippen molar-refractivity contribution in [3.05, 3.63) is 38.8 Å². The molecule has 2 N–H and O–H groups in total. The van der Waals surface area contributed by atoms with Crippen LogP contribution in [0, 0.1) is 0 Å². The molecule has 4 nitrogen and oxygen atoms in total. The summed E-state index contributed by atoms with van der Waals surface area (Å²) < 4.78 is 0.763. The van der Waals surface area contributed by atoms with Crippen LogP contribution in [0.2, 0.25) is 5.02 Å². The van der Waals surface area contributed by atoms with Crippen LogP contribution in [-0.4, -0.2) is 16.1 Å². The number of thiazole rings is 1. The number of halogens is 2. The first kappa shape index (κ1) is 12.3. The zero-order valence-electron chi connectivity index (χ0n) is 8.28. The van der Waals surface area contributed by atoms with E-state index >= 15 is 0 Å². The Kier molecular flexibility index (Phi) is 3.66. The third-order valence-corrected chi connectivity index (χ3v) is 4.00. The van der Waals surface area contributed by atoms with Crippen LogP contribution in [0.1, 0.15) is 9.67 Å². The molecule has 0 aliphatic heterocycles. The van der Waals surface area contributed by atoms with Gasteiger partial charge in [0.2, 0.25) is 0 Å². The molecule has 2 aromatic rings. The molecule has 0 aliphatic carbocycles. The van der Waals surface area contributed by atoms with Gasteiger partial charge in [0.25, 0.3) is 0 Å². The molecule has 0 saturated carbocycles. The molecule has 0 unspecified atom stereocenters. The fraction of sp³-hybridized carbons (Fsp3) is 0. The van der Waals surface area contributed by atoms with Gasteiger partial charge in [0.05, 0.1) is 11.2 Å². The van der Waals surface area contributed by atoms with E-state index in [1.165, 1.54) is 6.20 Å². The minimum absolute atomic E-state index is 0.195. The van der Waals surface area contributed by atoms with E-state index in [-0.39, 0.29) is 4.88 Å². The lowest BCUT2D eigenvalue weighted by molar-refractivity contribution is 0.0702. The van der Waals surface area contributed by atoms with Crippen molar-refractivity contribution < 1.29 is 9.90 Å². The van der Waals surface area contributed by atoms with Gasteiger partial charge < -0.3 is 10.4 Å². The molecule has 1 aromatic heterocycles. The second kappa shape index (κ2) is 5.03. The predicted molar refractivity (Wildman–Crippen MR) is 71.5 cm³/mol. The molecule has 1 aromatic carbocycles. The summed E-state index contributed by atoms with van der Waals surface area (Å²) in [4.78, 5) is 14.8. The van der Waals surface area contributed by atoms with E-state index < -0.39 is 5.97 Å². The Morgan fingerprint density at radius 3 is 2.88 bits per heavy atom. The van der Waals surface area contributed by atoms with Gasteiger partial charge in [0, 0.05) is 10.2 Å². The van der Waals surface area contributed by atoms with E-state index in [0.29, 0.717) is 10.2 Å². The normalized spacial score (nSPS) is 10.2. The molecule has 0 radical (unpaired) electrons. The van der Waals surface area contributed by atoms with E-state index in [1.807, 2.05) is 0 Å². The number of rotatable bonds is 3. The van der Waals surface area contributed by atoms with Crippen LogP contribution in [-0.2, 0) is 0 Å². The number of hydrogen-bond donors (Lipinski definition) is 2. The first-order valence-corrected chi connectivity index (χ1v) is 6.46. The number of carbonyl (C=O) groups is 1. The Morgan fingerprint density at radius 2 is 2.29 bits per heavy atom. The van der Waals surface area contributed by atoms with Crippen molar-refractivity contribution in [1.29, 1.82) is 0 Å². The highest BCUT2D eigenvalue weighted by Crippen LogP contribution is 2.28. The number of carboxylic acid groups (broad SMARTS) is 1. The highest BCUT2D eigenvalue weighted by molar-refractivity contribution is 9.10. The maximum atomic E-state index is 10.7. The maximum absolute atomic E-state index is 10.7. The number of benzene rings is 1. The van der Waals surface area contributed by atoms with Gasteiger partial charge in [-0.1, -0.05) is 22.9 Å². The summed E-state index contributed by atoms with van der Waals surface area (Å²) >= 11 is 10.2. The van der Waals surface area contributed by atoms with E-state index in [9.17, 15) is 4.79 Å². The Bertz CT molecular complexity index is 573. The Labute approximate surface area is 114 Å². The van der Waals surface area contributed by atoms with Gasteiger partial charge in [-0.3, -0.25) is 0 Å². The predicted octanol–water partition coefficient (Wildman–Crippen LogP) is 4.00. The fourth-order valence-corrected chi connectivity index (χ4v) is 2.30. The number of aromatic nitrogens is 1. The van der Waals surface area contributed by atoms with Gasteiger partial charge in [0.15, 0.2) is 5.13 Å². The molecule has 0 fully saturated rings. The zero-order valence-corrected chi connectivity index (χ0v) is 11.4. The van der Waals surface area contributed by atoms with Crippen LogP contribution in [0.25, 0.3) is 0 Å². The minimum atomic E-state index is -0.979. The molecule has 0 spiro atoms. The van der Waals surface area contributed by atoms with Crippen LogP contribution in [0.5, 0.6) is 0 Å². The van der Waals surface area contributed by atoms with Gasteiger partial charge in [-0.2, -0.15) is 0 Å². The average Bonchev–Trinajstić information content (AvgIpc) is 2.72. The lowest BCUT2D eigenvalue weighted by Gasteiger charge is -2.03. The van der Waals surface area contributed by atoms with Crippen LogP contribution in [0.15, 0.2) is 28.9 Å². The minimum Gasteiger partial charge on any atom is -0.477 e. The molecule has 17 heavy (non-hydrogen) atoms. The summed E-state index contributed by atoms with van der Waals surface area (Å²) in [6, 6.07) is 5.32. The Balaban J connectivity index is 2.19. The number of nitrogens with one attached hydrogen (secondary N) is 1. The SMILES string of the molecule is O=C(O)c1cnc(Nc2ccc(Cl)c(Br)c2)s1. The summed E-state index contributed by atoms with van der Waals surface area (Å²) in [6.45, 7) is 0. The highest BCUT2D eigenvalue weighted by Gasteiger charge is 2.08. The molecule has 0 bridgehead atoms. The van der Waals surface area contributed by atoms with Crippen molar-refractivity contribution in [3.8, 4) is 0 Å². The first-order chi connectivity index (χ1) is 8.06. The van der Waals surface area contributed by atoms with Crippen molar-refractivity contribution >= 4 is 55.7 Å². The van der Waals surface area contributed by atoms with Gasteiger partial charge in [0.1, 0.15) is 4.88 Å². The zero-order chi connectivity index (χ0) is 12.4. The van der Waals surface area contributed by atoms with Gasteiger partial charge in [-0.05, 0) is 34.1 Å². The summed E-state index contributed by atoms with van der Waals surface area (Å²) in [6.07, 6.45) is 1.32. The van der Waals surface area contributed by atoms with E-state index in [2.05, 4.69) is 26.2 Å². The van der Waals surface area contributed by atoms with Crippen LogP contribution < -0.4 is 5.32 Å². The number of carboxylic acids is 1. The first-order valence-electron chi connectivity index (χ1n) is 4.47. The standard InChI is InChI=1S/C10H6BrClN2O2S/c11-6-3-5(1-2-7(6)12)14-10-13-4-8(17-10)9(15)16/h1-4H,(H,13,14)(H,15,16). The van der Waals surface area contributed by atoms with Gasteiger partial charge in [-0.25, -0.2) is 9.78 Å². The monoisotopic (exact) mass is 332 g/mol. The van der Waals surface area contributed by atoms with E-state index in [4.69, 9.17) is 16.7 Å². The second-order valence-corrected chi connectivity index (χ2v) is 5.38. The largest absolute Gasteiger partial charge is 0.477 e. The topological polar surface area (TPSA) is 62.2 Å². The molecular formula is C10H6BrClN2O2S. The molecule has 2 rings (SSSR count). The molecule has 7 heteroatoms. The number of nitrogens with zero attached hydrogens (tertiary/aromatic N) is 1. The molecular weight excluding hydrogens is 328 g/mol. The number of anilines is 2. The quantitative estimate of drug-likeness (QED) is 0.891. The third-order valence-electron chi connectivity index (χ3n) is 1.89. The van der Waals surface area contributed by atoms with Crippen LogP contribution in [0.4, 0.5) is 10.8 Å². The molecule has 0 aliphatic rings. The van der Waals surface area contributed by atoms with Crippen molar-refractivity contribution in [1.82, 2.24) is 4.98 Å². The van der Waals surface area contributed by atoms with Crippen molar-refractivity contribution in [2.75, 3.05) is 5.32 Å². The molecule has 88 valence electrons. The maximum Gasteiger partial charge on any atom is 0.347 e. The molecule has 0 saturated heterocycles. The lowest BCUT2D eigenvalue weighted by atomic mass is 10.3. The molecule has 0 atom stereocenters. The van der Waals surface area contributed by atoms with Crippen molar-refractivity contribution in [3.63, 3.8) is 0 Å². The molecule has 1 heterocycles. The second-order valence-electron chi connectivity index (χ2n) is 3.09. The summed E-state index contributed by atoms with van der Waals surface area (Å²) in [5.74, 6) is -0.979. The lowest BCUT2D eigenvalue weighted by Crippen LogP contribution is -1.90. The number of aromatic carboxylic acids is 1. The van der Waals surface area contributed by atoms with Crippen molar-refractivity contribution in [2.24, 2.45) is 0 Å². The highest BCUT2D eigenvalue weighted by atomic mass is 79.9. The number of hydrogen-bond acceptors (Lipinski definition) is 4. The van der Waals surface area contributed by atoms with Gasteiger partial charge >= 0.3 is 5.97 Å². The Hall–Kier alpha value is -1.11. The third kappa shape index (κ3) is 2.96. The summed E-state index contributed by atoms with van der Waals surface area (Å²) in [7, 11) is 0. The average molecular weight is 334 g/mol. The Morgan fingerprint density at radius 1 is 1.53 bits per heavy atom. The fourth-order valence-electron chi connectivity index (χ4n) is 1.13. The summed E-state index contributed by atoms with van der Waals surface area (Å²) in [5, 5.41) is 12.9. The van der Waals surface area contributed by atoms with Crippen molar-refractivity contribution in [2.45, 2.75) is 0 Å². The smallest absolute Gasteiger partial charge is 0.347 e. The van der Waals surface area contributed by atoms with Gasteiger partial charge in [-0.15, -0.1) is 0 Å². The van der Waals surface area contributed by atoms with Crippen LogP contribution in [0.3, 0.4) is 0 Å². The summed E-state index contributed by atoms with van der Waals surface area (Å²) in [5.41, 5.74) is 0.785.